The van der Waals surface area contributed by atoms with Gasteiger partial charge in [0.2, 0.25) is 0 Å². The van der Waals surface area contributed by atoms with Gasteiger partial charge < -0.3 is 24.3 Å². The molecule has 0 radical (unpaired) electrons. The number of rotatable bonds is 6. The number of hydrogen-bond donors (Lipinski definition) is 2. The van der Waals surface area contributed by atoms with Crippen molar-refractivity contribution in [2.45, 2.75) is 50.7 Å². The van der Waals surface area contributed by atoms with Crippen LogP contribution in [0.5, 0.6) is 5.75 Å². The Morgan fingerprint density at radius 1 is 1.19 bits per heavy atom. The van der Waals surface area contributed by atoms with E-state index in [9.17, 15) is 14.7 Å². The van der Waals surface area contributed by atoms with E-state index < -0.39 is 24.0 Å². The fourth-order valence-electron chi connectivity index (χ4n) is 5.35. The summed E-state index contributed by atoms with van der Waals surface area (Å²) in [5, 5.41) is 13.3. The Labute approximate surface area is 217 Å². The van der Waals surface area contributed by atoms with Crippen molar-refractivity contribution in [3.8, 4) is 5.75 Å². The predicted molar refractivity (Wildman–Crippen MR) is 139 cm³/mol. The number of carbonyl (C=O) groups excluding carboxylic acids is 2. The van der Waals surface area contributed by atoms with E-state index in [4.69, 9.17) is 14.2 Å². The van der Waals surface area contributed by atoms with Crippen LogP contribution in [0.25, 0.3) is 21.0 Å². The van der Waals surface area contributed by atoms with Crippen molar-refractivity contribution >= 4 is 44.3 Å². The maximum absolute atomic E-state index is 12.0. The SMILES string of the molecule is Cc1ccc2cc([C@H]3CCN(C[C@H](O)C4(Oc5cccc6[nH]ccc56)OC(=O)C(=O)O4)[C@H](C)C3)sc2c1. The highest BCUT2D eigenvalue weighted by Crippen LogP contribution is 2.39. The zero-order valence-electron chi connectivity index (χ0n) is 20.6. The van der Waals surface area contributed by atoms with Crippen molar-refractivity contribution in [3.05, 3.63) is 65.2 Å². The number of aliphatic hydroxyl groups excluding tert-OH is 1. The van der Waals surface area contributed by atoms with E-state index in [1.165, 1.54) is 20.5 Å². The normalized spacial score (nSPS) is 22.8. The summed E-state index contributed by atoms with van der Waals surface area (Å²) >= 11 is 1.85. The molecule has 0 unspecified atom stereocenters. The number of β-amino-alcohol motifs (C(OH)–C–C–N with tert-alkyl or cyclic N) is 1. The molecule has 2 aromatic carbocycles. The quantitative estimate of drug-likeness (QED) is 0.286. The number of piperidine rings is 1. The first-order chi connectivity index (χ1) is 17.8. The molecule has 4 aromatic rings. The molecule has 2 aliphatic rings. The number of cyclic esters (lactones) is 2. The maximum Gasteiger partial charge on any atom is 0.451 e. The Balaban J connectivity index is 1.19. The molecule has 4 heterocycles. The summed E-state index contributed by atoms with van der Waals surface area (Å²) in [6.07, 6.45) is 2.19. The Bertz CT molecular complexity index is 1480. The van der Waals surface area contributed by atoms with Crippen molar-refractivity contribution in [2.75, 3.05) is 13.1 Å². The molecule has 37 heavy (non-hydrogen) atoms. The van der Waals surface area contributed by atoms with E-state index >= 15 is 0 Å². The molecule has 0 bridgehead atoms. The minimum absolute atomic E-state index is 0.114. The third-order valence-corrected chi connectivity index (χ3v) is 8.63. The van der Waals surface area contributed by atoms with E-state index in [2.05, 4.69) is 48.0 Å². The monoisotopic (exact) mass is 520 g/mol. The Hall–Kier alpha value is -3.40. The highest BCUT2D eigenvalue weighted by Gasteiger charge is 2.58. The van der Waals surface area contributed by atoms with E-state index in [0.29, 0.717) is 17.1 Å². The summed E-state index contributed by atoms with van der Waals surface area (Å²) in [5.74, 6) is -3.87. The first-order valence-corrected chi connectivity index (χ1v) is 13.3. The molecule has 2 aliphatic heterocycles. The van der Waals surface area contributed by atoms with Gasteiger partial charge in [-0.25, -0.2) is 9.59 Å². The van der Waals surface area contributed by atoms with E-state index in [1.54, 1.807) is 24.4 Å². The average Bonchev–Trinajstić information content (AvgIpc) is 3.58. The summed E-state index contributed by atoms with van der Waals surface area (Å²) in [6, 6.07) is 16.1. The van der Waals surface area contributed by atoms with Crippen LogP contribution in [0.1, 0.15) is 36.1 Å². The first kappa shape index (κ1) is 24.0. The molecule has 8 nitrogen and oxygen atoms in total. The van der Waals surface area contributed by atoms with Crippen molar-refractivity contribution in [3.63, 3.8) is 0 Å². The molecular formula is C28H28N2O6S. The van der Waals surface area contributed by atoms with Crippen molar-refractivity contribution in [1.82, 2.24) is 9.88 Å². The summed E-state index contributed by atoms with van der Waals surface area (Å²) in [5.41, 5.74) is 2.06. The minimum Gasteiger partial charge on any atom is -0.418 e. The lowest BCUT2D eigenvalue weighted by atomic mass is 9.90. The molecule has 0 spiro atoms. The van der Waals surface area contributed by atoms with Gasteiger partial charge in [0.15, 0.2) is 6.10 Å². The van der Waals surface area contributed by atoms with Gasteiger partial charge in [-0.15, -0.1) is 11.3 Å². The zero-order valence-corrected chi connectivity index (χ0v) is 21.4. The number of nitrogens with zero attached hydrogens (tertiary/aromatic N) is 1. The second kappa shape index (κ2) is 9.16. The van der Waals surface area contributed by atoms with Gasteiger partial charge in [-0.1, -0.05) is 18.2 Å². The molecule has 2 aromatic heterocycles. The van der Waals surface area contributed by atoms with Crippen LogP contribution in [0.2, 0.25) is 0 Å². The highest BCUT2D eigenvalue weighted by molar-refractivity contribution is 7.19. The number of nitrogens with one attached hydrogen (secondary N) is 1. The molecule has 2 saturated heterocycles. The van der Waals surface area contributed by atoms with Crippen LogP contribution in [0.3, 0.4) is 0 Å². The van der Waals surface area contributed by atoms with Crippen molar-refractivity contribution in [1.29, 1.82) is 0 Å². The number of esters is 2. The minimum atomic E-state index is -2.25. The second-order valence-corrected chi connectivity index (χ2v) is 11.1. The van der Waals surface area contributed by atoms with E-state index in [-0.39, 0.29) is 12.6 Å². The number of benzene rings is 2. The predicted octanol–water partition coefficient (Wildman–Crippen LogP) is 4.45. The number of likely N-dealkylation sites (tertiary alicyclic amines) is 1. The fraction of sp³-hybridized carbons (Fsp3) is 0.357. The molecule has 9 heteroatoms. The van der Waals surface area contributed by atoms with Crippen LogP contribution in [0.4, 0.5) is 0 Å². The molecule has 2 N–H and O–H groups in total. The number of thiophene rings is 1. The standard InChI is InChI=1S/C28H28N2O6S/c1-16-6-7-18-14-24(37-23(18)12-16)19-9-11-30(17(2)13-19)15-25(31)28(35-26(32)27(33)36-28)34-22-5-3-4-21-20(22)8-10-29-21/h3-8,10,12,14,17,19,25,29,31H,9,11,13,15H2,1-2H3/t17-,19+,25+/m1/s1. The van der Waals surface area contributed by atoms with Crippen LogP contribution in [-0.2, 0) is 19.1 Å². The number of hydrogen-bond acceptors (Lipinski definition) is 8. The lowest BCUT2D eigenvalue weighted by molar-refractivity contribution is -0.319. The Morgan fingerprint density at radius 2 is 2.00 bits per heavy atom. The van der Waals surface area contributed by atoms with Gasteiger partial charge in [0, 0.05) is 39.3 Å². The van der Waals surface area contributed by atoms with Crippen LogP contribution in [0.15, 0.2) is 54.7 Å². The van der Waals surface area contributed by atoms with Gasteiger partial charge >= 0.3 is 17.9 Å². The van der Waals surface area contributed by atoms with Crippen LogP contribution < -0.4 is 4.74 Å². The number of aromatic amines is 1. The molecule has 0 amide bonds. The third kappa shape index (κ3) is 4.37. The fourth-order valence-corrected chi connectivity index (χ4v) is 6.66. The van der Waals surface area contributed by atoms with Gasteiger partial charge in [-0.05, 0) is 80.4 Å². The van der Waals surface area contributed by atoms with E-state index in [0.717, 1.165) is 24.9 Å². The maximum atomic E-state index is 12.0. The van der Waals surface area contributed by atoms with Gasteiger partial charge in [0.05, 0.1) is 0 Å². The number of H-pyrrole nitrogens is 1. The number of ether oxygens (including phenoxy) is 3. The zero-order chi connectivity index (χ0) is 25.7. The smallest absolute Gasteiger partial charge is 0.418 e. The number of aryl methyl sites for hydroxylation is 1. The largest absolute Gasteiger partial charge is 0.451 e. The average molecular weight is 521 g/mol. The molecule has 3 atom stereocenters. The summed E-state index contributed by atoms with van der Waals surface area (Å²) in [4.78, 5) is 30.7. The highest BCUT2D eigenvalue weighted by atomic mass is 32.1. The number of fused-ring (bicyclic) bond motifs is 2. The topological polar surface area (TPSA) is 101 Å². The Kier molecular flexibility index (Phi) is 5.94. The summed E-state index contributed by atoms with van der Waals surface area (Å²) in [6.45, 7) is 5.08. The lowest BCUT2D eigenvalue weighted by Crippen LogP contribution is -2.56. The number of aromatic nitrogens is 1. The molecule has 2 fully saturated rings. The second-order valence-electron chi connectivity index (χ2n) is 9.95. The first-order valence-electron chi connectivity index (χ1n) is 12.4. The van der Waals surface area contributed by atoms with Gasteiger partial charge in [0.25, 0.3) is 0 Å². The lowest BCUT2D eigenvalue weighted by Gasteiger charge is -2.40. The summed E-state index contributed by atoms with van der Waals surface area (Å²) in [7, 11) is 0. The van der Waals surface area contributed by atoms with Crippen LogP contribution in [-0.4, -0.2) is 58.1 Å². The van der Waals surface area contributed by atoms with Gasteiger partial charge in [0.1, 0.15) is 5.75 Å². The molecule has 0 aliphatic carbocycles. The molecule has 192 valence electrons. The Morgan fingerprint density at radius 3 is 2.78 bits per heavy atom. The number of aliphatic hydroxyl groups is 1. The number of carbonyl (C=O) groups is 2. The molecule has 6 rings (SSSR count). The summed E-state index contributed by atoms with van der Waals surface area (Å²) < 4.78 is 17.8. The van der Waals surface area contributed by atoms with Crippen LogP contribution >= 0.6 is 11.3 Å². The van der Waals surface area contributed by atoms with Gasteiger partial charge in [-0.3, -0.25) is 4.90 Å². The third-order valence-electron chi connectivity index (χ3n) is 7.37. The molecular weight excluding hydrogens is 492 g/mol. The van der Waals surface area contributed by atoms with Crippen molar-refractivity contribution in [2.24, 2.45) is 0 Å². The van der Waals surface area contributed by atoms with E-state index in [1.807, 2.05) is 17.4 Å². The van der Waals surface area contributed by atoms with Crippen LogP contribution in [0, 0.1) is 6.92 Å². The molecule has 0 saturated carbocycles. The van der Waals surface area contributed by atoms with Gasteiger partial charge in [-0.2, -0.15) is 0 Å². The van der Waals surface area contributed by atoms with Crippen molar-refractivity contribution < 1.29 is 28.9 Å².